The molecule has 1 atom stereocenters. The lowest BCUT2D eigenvalue weighted by Crippen LogP contribution is -2.29. The Morgan fingerprint density at radius 2 is 1.89 bits per heavy atom. The number of hydrogen-bond donors (Lipinski definition) is 0. The fourth-order valence-electron chi connectivity index (χ4n) is 2.72. The third kappa shape index (κ3) is 3.93. The highest BCUT2D eigenvalue weighted by atomic mass is 32.1. The molecule has 2 aromatic heterocycles. The monoisotopic (exact) mass is 383 g/mol. The number of aromatic nitrogens is 4. The zero-order valence-electron chi connectivity index (χ0n) is 16.6. The quantitative estimate of drug-likeness (QED) is 0.678. The van der Waals surface area contributed by atoms with Crippen LogP contribution in [0.1, 0.15) is 59.7 Å². The number of nitrogens with zero attached hydrogens (tertiary/aromatic N) is 5. The average molecular weight is 384 g/mol. The largest absolute Gasteiger partial charge is 0.334 e. The van der Waals surface area contributed by atoms with Gasteiger partial charge in [0, 0.05) is 12.5 Å². The lowest BCUT2D eigenvalue weighted by molar-refractivity contribution is 0.0746. The molecule has 0 fully saturated rings. The maximum Gasteiger partial charge on any atom is 0.266 e. The summed E-state index contributed by atoms with van der Waals surface area (Å²) in [4.78, 5) is 24.1. The number of rotatable bonds is 4. The summed E-state index contributed by atoms with van der Waals surface area (Å²) in [6, 6.07) is 7.95. The van der Waals surface area contributed by atoms with Crippen LogP contribution < -0.4 is 0 Å². The first-order valence-electron chi connectivity index (χ1n) is 8.88. The summed E-state index contributed by atoms with van der Waals surface area (Å²) in [6.45, 7) is 10.3. The molecule has 0 N–H and O–H groups in total. The molecule has 0 spiro atoms. The predicted molar refractivity (Wildman–Crippen MR) is 107 cm³/mol. The molecule has 0 aliphatic heterocycles. The molecule has 1 amide bonds. The van der Waals surface area contributed by atoms with E-state index in [2.05, 4.69) is 35.8 Å². The zero-order valence-corrected chi connectivity index (χ0v) is 17.4. The van der Waals surface area contributed by atoms with Gasteiger partial charge < -0.3 is 4.90 Å². The van der Waals surface area contributed by atoms with Crippen LogP contribution in [0.2, 0.25) is 0 Å². The molecule has 0 saturated carbocycles. The highest BCUT2D eigenvalue weighted by molar-refractivity contribution is 7.14. The highest BCUT2D eigenvalue weighted by Crippen LogP contribution is 2.31. The molecule has 27 heavy (non-hydrogen) atoms. The van der Waals surface area contributed by atoms with Crippen LogP contribution in [0.5, 0.6) is 0 Å². The molecular formula is C20H25N5OS. The molecule has 0 saturated heterocycles. The molecule has 0 bridgehead atoms. The third-order valence-corrected chi connectivity index (χ3v) is 6.16. The number of benzene rings is 1. The van der Waals surface area contributed by atoms with Crippen molar-refractivity contribution >= 4 is 17.2 Å². The van der Waals surface area contributed by atoms with Gasteiger partial charge in [-0.1, -0.05) is 32.9 Å². The van der Waals surface area contributed by atoms with Gasteiger partial charge in [0.15, 0.2) is 0 Å². The number of thiazole rings is 1. The molecule has 7 heteroatoms. The van der Waals surface area contributed by atoms with Crippen molar-refractivity contribution in [2.75, 3.05) is 7.05 Å². The number of hydrogen-bond acceptors (Lipinski definition) is 5. The SMILES string of the molecule is Cc1nc(C(C)(C)C)sc1C(=O)N(C)C(C)c1ccc(-n2cncn2)cc1. The summed E-state index contributed by atoms with van der Waals surface area (Å²) in [5.74, 6) is 0.00773. The molecule has 142 valence electrons. The van der Waals surface area contributed by atoms with Crippen molar-refractivity contribution in [2.45, 2.75) is 46.1 Å². The maximum absolute atomic E-state index is 13.0. The van der Waals surface area contributed by atoms with Gasteiger partial charge in [0.2, 0.25) is 0 Å². The van der Waals surface area contributed by atoms with Gasteiger partial charge in [-0.2, -0.15) is 5.10 Å². The van der Waals surface area contributed by atoms with Gasteiger partial charge in [-0.25, -0.2) is 14.6 Å². The normalized spacial score (nSPS) is 12.8. The fourth-order valence-corrected chi connectivity index (χ4v) is 3.83. The summed E-state index contributed by atoms with van der Waals surface area (Å²) >= 11 is 1.50. The predicted octanol–water partition coefficient (Wildman–Crippen LogP) is 4.16. The minimum atomic E-state index is -0.0602. The summed E-state index contributed by atoms with van der Waals surface area (Å²) < 4.78 is 1.71. The molecule has 6 nitrogen and oxygen atoms in total. The number of aryl methyl sites for hydroxylation is 1. The second-order valence-electron chi connectivity index (χ2n) is 7.71. The zero-order chi connectivity index (χ0) is 19.8. The molecule has 1 unspecified atom stereocenters. The fraction of sp³-hybridized carbons (Fsp3) is 0.400. The van der Waals surface area contributed by atoms with Crippen molar-refractivity contribution in [1.29, 1.82) is 0 Å². The van der Waals surface area contributed by atoms with Crippen LogP contribution in [0.15, 0.2) is 36.9 Å². The molecule has 3 aromatic rings. The number of amides is 1. The Bertz CT molecular complexity index is 922. The van der Waals surface area contributed by atoms with Crippen molar-refractivity contribution in [3.63, 3.8) is 0 Å². The van der Waals surface area contributed by atoms with Crippen molar-refractivity contribution in [1.82, 2.24) is 24.6 Å². The standard InChI is InChI=1S/C20H25N5OS/c1-13-17(27-19(23-13)20(3,4)5)18(26)24(6)14(2)15-7-9-16(10-8-15)25-12-21-11-22-25/h7-12,14H,1-6H3. The molecule has 1 aromatic carbocycles. The van der Waals surface area contributed by atoms with Gasteiger partial charge in [0.25, 0.3) is 5.91 Å². The Balaban J connectivity index is 1.80. The van der Waals surface area contributed by atoms with E-state index in [0.717, 1.165) is 22.0 Å². The molecule has 3 rings (SSSR count). The van der Waals surface area contributed by atoms with E-state index in [0.29, 0.717) is 4.88 Å². The van der Waals surface area contributed by atoms with Crippen molar-refractivity contribution in [3.8, 4) is 5.69 Å². The van der Waals surface area contributed by atoms with E-state index in [4.69, 9.17) is 0 Å². The molecule has 2 heterocycles. The Labute approximate surface area is 163 Å². The maximum atomic E-state index is 13.0. The van der Waals surface area contributed by atoms with Crippen LogP contribution in [0.25, 0.3) is 5.69 Å². The Kier molecular flexibility index (Phi) is 5.15. The van der Waals surface area contributed by atoms with Crippen LogP contribution in [0.3, 0.4) is 0 Å². The topological polar surface area (TPSA) is 63.9 Å². The first kappa shape index (κ1) is 19.2. The molecule has 0 radical (unpaired) electrons. The summed E-state index contributed by atoms with van der Waals surface area (Å²) in [5, 5.41) is 5.12. The van der Waals surface area contributed by atoms with E-state index < -0.39 is 0 Å². The van der Waals surface area contributed by atoms with Crippen molar-refractivity contribution in [2.24, 2.45) is 0 Å². The van der Waals surface area contributed by atoms with Crippen LogP contribution in [-0.2, 0) is 5.41 Å². The second-order valence-corrected chi connectivity index (χ2v) is 8.71. The van der Waals surface area contributed by atoms with Crippen LogP contribution >= 0.6 is 11.3 Å². The Morgan fingerprint density at radius 3 is 2.41 bits per heavy atom. The van der Waals surface area contributed by atoms with Crippen molar-refractivity contribution < 1.29 is 4.79 Å². The van der Waals surface area contributed by atoms with Gasteiger partial charge in [-0.05, 0) is 31.5 Å². The molecular weight excluding hydrogens is 358 g/mol. The van der Waals surface area contributed by atoms with E-state index in [1.807, 2.05) is 45.2 Å². The van der Waals surface area contributed by atoms with Gasteiger partial charge in [0.1, 0.15) is 17.5 Å². The van der Waals surface area contributed by atoms with Gasteiger partial charge in [-0.15, -0.1) is 11.3 Å². The van der Waals surface area contributed by atoms with Gasteiger partial charge >= 0.3 is 0 Å². The van der Waals surface area contributed by atoms with E-state index in [1.54, 1.807) is 15.9 Å². The number of carbonyl (C=O) groups excluding carboxylic acids is 1. The van der Waals surface area contributed by atoms with Crippen LogP contribution in [0.4, 0.5) is 0 Å². The van der Waals surface area contributed by atoms with Crippen molar-refractivity contribution in [3.05, 3.63) is 58.1 Å². The Hall–Kier alpha value is -2.54. The second kappa shape index (κ2) is 7.23. The lowest BCUT2D eigenvalue weighted by atomic mass is 9.98. The van der Waals surface area contributed by atoms with Crippen LogP contribution in [0, 0.1) is 6.92 Å². The smallest absolute Gasteiger partial charge is 0.266 e. The molecule has 0 aliphatic rings. The summed E-state index contributed by atoms with van der Waals surface area (Å²) in [6.07, 6.45) is 3.17. The minimum absolute atomic E-state index is 0.00773. The Morgan fingerprint density at radius 1 is 1.22 bits per heavy atom. The summed E-state index contributed by atoms with van der Waals surface area (Å²) in [7, 11) is 1.84. The van der Waals surface area contributed by atoms with Crippen LogP contribution in [-0.4, -0.2) is 37.6 Å². The lowest BCUT2D eigenvalue weighted by Gasteiger charge is -2.25. The average Bonchev–Trinajstić information content (AvgIpc) is 3.29. The highest BCUT2D eigenvalue weighted by Gasteiger charge is 2.26. The summed E-state index contributed by atoms with van der Waals surface area (Å²) in [5.41, 5.74) is 2.74. The molecule has 0 aliphatic carbocycles. The van der Waals surface area contributed by atoms with Gasteiger partial charge in [0.05, 0.1) is 22.4 Å². The first-order valence-corrected chi connectivity index (χ1v) is 9.70. The van der Waals surface area contributed by atoms with E-state index >= 15 is 0 Å². The first-order chi connectivity index (χ1) is 12.7. The minimum Gasteiger partial charge on any atom is -0.334 e. The van der Waals surface area contributed by atoms with E-state index in [9.17, 15) is 4.79 Å². The van der Waals surface area contributed by atoms with E-state index in [1.165, 1.54) is 17.7 Å². The third-order valence-electron chi connectivity index (χ3n) is 4.59. The van der Waals surface area contributed by atoms with E-state index in [-0.39, 0.29) is 17.4 Å². The van der Waals surface area contributed by atoms with Gasteiger partial charge in [-0.3, -0.25) is 4.79 Å². The number of carbonyl (C=O) groups is 1.